The summed E-state index contributed by atoms with van der Waals surface area (Å²) < 4.78 is 23.0. The van der Waals surface area contributed by atoms with Crippen LogP contribution in [0.3, 0.4) is 0 Å². The normalized spacial score (nSPS) is 13.5. The van der Waals surface area contributed by atoms with E-state index < -0.39 is 24.3 Å². The zero-order valence-electron chi connectivity index (χ0n) is 62.0. The topological polar surface area (TPSA) is 108 Å². The van der Waals surface area contributed by atoms with E-state index in [1.165, 1.54) is 173 Å². The minimum absolute atomic E-state index is 0.181. The maximum atomic E-state index is 13.0. The summed E-state index contributed by atoms with van der Waals surface area (Å²) >= 11 is 0. The van der Waals surface area contributed by atoms with Crippen molar-refractivity contribution in [1.82, 2.24) is 0 Å². The summed E-state index contributed by atoms with van der Waals surface area (Å²) in [6.45, 7) is 4.76. The van der Waals surface area contributed by atoms with Gasteiger partial charge < -0.3 is 28.5 Å². The first-order valence-electron chi connectivity index (χ1n) is 39.0. The number of nitrogens with zero attached hydrogens (tertiary/aromatic N) is 1. The summed E-state index contributed by atoms with van der Waals surface area (Å²) in [7, 11) is 5.98. The van der Waals surface area contributed by atoms with Gasteiger partial charge >= 0.3 is 17.9 Å². The zero-order valence-corrected chi connectivity index (χ0v) is 62.0. The van der Waals surface area contributed by atoms with Crippen LogP contribution in [0.4, 0.5) is 0 Å². The lowest BCUT2D eigenvalue weighted by Gasteiger charge is -2.25. The minimum atomic E-state index is -1.52. The third kappa shape index (κ3) is 76.4. The van der Waals surface area contributed by atoms with Gasteiger partial charge in [-0.2, -0.15) is 0 Å². The number of rotatable bonds is 71. The predicted molar refractivity (Wildman–Crippen MR) is 410 cm³/mol. The fourth-order valence-corrected chi connectivity index (χ4v) is 10.7. The Bertz CT molecular complexity index is 2080. The molecular formula is C86H146NO8+. The summed E-state index contributed by atoms with van der Waals surface area (Å²) in [5, 5.41) is 9.77. The summed E-state index contributed by atoms with van der Waals surface area (Å²) in [4.78, 5) is 37.7. The van der Waals surface area contributed by atoms with Gasteiger partial charge in [-0.15, -0.1) is 0 Å². The zero-order chi connectivity index (χ0) is 69.0. The minimum Gasteiger partial charge on any atom is -0.477 e. The molecule has 0 aromatic heterocycles. The van der Waals surface area contributed by atoms with Crippen LogP contribution in [0.25, 0.3) is 0 Å². The maximum absolute atomic E-state index is 13.0. The first-order valence-corrected chi connectivity index (χ1v) is 39.0. The van der Waals surface area contributed by atoms with E-state index in [0.717, 1.165) is 116 Å². The molecule has 9 heteroatoms. The Morgan fingerprint density at radius 1 is 0.326 bits per heavy atom. The second kappa shape index (κ2) is 75.0. The first kappa shape index (κ1) is 90.2. The molecule has 542 valence electrons. The molecule has 0 aliphatic carbocycles. The lowest BCUT2D eigenvalue weighted by molar-refractivity contribution is -0.870. The number of carboxylic acids is 1. The summed E-state index contributed by atoms with van der Waals surface area (Å²) in [5.41, 5.74) is 0. The van der Waals surface area contributed by atoms with Gasteiger partial charge in [0.05, 0.1) is 34.4 Å². The van der Waals surface area contributed by atoms with E-state index in [1.54, 1.807) is 0 Å². The average Bonchev–Trinajstić information content (AvgIpc) is 3.75. The predicted octanol–water partition coefficient (Wildman–Crippen LogP) is 25.0. The van der Waals surface area contributed by atoms with Gasteiger partial charge in [0.15, 0.2) is 6.10 Å². The van der Waals surface area contributed by atoms with Gasteiger partial charge in [0.1, 0.15) is 13.2 Å². The number of aliphatic carboxylic acids is 1. The van der Waals surface area contributed by atoms with Crippen LogP contribution in [0.2, 0.25) is 0 Å². The Hall–Kier alpha value is -4.83. The highest BCUT2D eigenvalue weighted by atomic mass is 16.7. The van der Waals surface area contributed by atoms with Crippen LogP contribution in [0.1, 0.15) is 322 Å². The van der Waals surface area contributed by atoms with Crippen molar-refractivity contribution in [2.24, 2.45) is 0 Å². The number of unbranched alkanes of at least 4 members (excludes halogenated alkanes) is 32. The molecule has 0 fully saturated rings. The van der Waals surface area contributed by atoms with Crippen molar-refractivity contribution in [2.45, 2.75) is 334 Å². The summed E-state index contributed by atoms with van der Waals surface area (Å²) in [6.07, 6.45) is 107. The number of allylic oxidation sites excluding steroid dienone is 24. The second-order valence-electron chi connectivity index (χ2n) is 26.9. The standard InChI is InChI=1S/C86H145NO8/c1-6-8-10-12-14-16-18-20-22-24-26-28-30-32-34-36-38-40-41-42-43-45-47-49-51-53-55-57-59-61-63-65-67-69-71-73-75-77-84(89)95-82(81-94-86(85(90)91)92-79-78-87(3,4)5)80-93-83(88)76-74-72-70-68-66-64-62-60-58-56-54-52-50-48-46-44-39-37-35-33-31-29-27-25-23-21-19-17-15-13-11-9-7-2/h8,10,14,16,19-22,25-28,31-34,38,40,42-43,47,49,53,55,82,86H,6-7,9,11-13,15,17-18,23-24,29-30,35-37,39,41,44-46,48,50-52,54,56-81H2,1-5H3/p+1/b10-8-,16-14-,21-19-,22-20-,27-25-,28-26-,33-31-,34-32-,40-38-,43-42-,49-47-,55-53-. The van der Waals surface area contributed by atoms with Gasteiger partial charge in [0.2, 0.25) is 0 Å². The second-order valence-corrected chi connectivity index (χ2v) is 26.9. The Kier molecular flexibility index (Phi) is 71.1. The highest BCUT2D eigenvalue weighted by molar-refractivity contribution is 5.71. The maximum Gasteiger partial charge on any atom is 0.361 e. The molecule has 95 heavy (non-hydrogen) atoms. The number of quaternary nitrogens is 1. The largest absolute Gasteiger partial charge is 0.477 e. The molecule has 0 bridgehead atoms. The van der Waals surface area contributed by atoms with Crippen LogP contribution in [0.5, 0.6) is 0 Å². The molecule has 0 saturated carbocycles. The third-order valence-corrected chi connectivity index (χ3v) is 16.6. The number of likely N-dealkylation sites (N-methyl/N-ethyl adjacent to an activating group) is 1. The molecule has 0 rings (SSSR count). The molecule has 0 heterocycles. The quantitative estimate of drug-likeness (QED) is 0.0211. The SMILES string of the molecule is CC/C=C\C/C=C\C/C=C\C/C=C\C/C=C\C/C=C\C/C=C\C/C=C\C/C=C\CCCCCCCCCCCC(=O)OC(COC(=O)CCCCCCCCCCCCCCCCCCCC/C=C\C/C=C\C/C=C\CCCCCCC)COC(OCC[N+](C)(C)C)C(=O)O. The van der Waals surface area contributed by atoms with E-state index in [-0.39, 0.29) is 32.2 Å². The molecular weight excluding hydrogens is 1170 g/mol. The fraction of sp³-hybridized carbons (Fsp3) is 0.686. The van der Waals surface area contributed by atoms with Gasteiger partial charge in [0, 0.05) is 12.8 Å². The van der Waals surface area contributed by atoms with Gasteiger partial charge in [-0.3, -0.25) is 9.59 Å². The van der Waals surface area contributed by atoms with Crippen molar-refractivity contribution in [3.05, 3.63) is 146 Å². The Morgan fingerprint density at radius 2 is 0.600 bits per heavy atom. The van der Waals surface area contributed by atoms with Crippen LogP contribution in [-0.2, 0) is 33.3 Å². The highest BCUT2D eigenvalue weighted by Gasteiger charge is 2.25. The van der Waals surface area contributed by atoms with E-state index in [2.05, 4.69) is 160 Å². The van der Waals surface area contributed by atoms with Crippen molar-refractivity contribution in [2.75, 3.05) is 47.5 Å². The van der Waals surface area contributed by atoms with Crippen LogP contribution in [-0.4, -0.2) is 87.4 Å². The van der Waals surface area contributed by atoms with Crippen LogP contribution in [0, 0.1) is 0 Å². The van der Waals surface area contributed by atoms with E-state index in [9.17, 15) is 19.5 Å². The number of ether oxygens (including phenoxy) is 4. The van der Waals surface area contributed by atoms with Gasteiger partial charge in [-0.1, -0.05) is 333 Å². The van der Waals surface area contributed by atoms with E-state index >= 15 is 0 Å². The number of carbonyl (C=O) groups excluding carboxylic acids is 2. The lowest BCUT2D eigenvalue weighted by atomic mass is 10.0. The number of esters is 2. The lowest BCUT2D eigenvalue weighted by Crippen LogP contribution is -2.40. The van der Waals surface area contributed by atoms with E-state index in [4.69, 9.17) is 18.9 Å². The fourth-order valence-electron chi connectivity index (χ4n) is 10.7. The van der Waals surface area contributed by atoms with Crippen molar-refractivity contribution in [1.29, 1.82) is 0 Å². The third-order valence-electron chi connectivity index (χ3n) is 16.6. The van der Waals surface area contributed by atoms with Gasteiger partial charge in [-0.25, -0.2) is 4.79 Å². The molecule has 1 N–H and O–H groups in total. The Morgan fingerprint density at radius 3 is 0.895 bits per heavy atom. The molecule has 0 spiro atoms. The highest BCUT2D eigenvalue weighted by Crippen LogP contribution is 2.17. The van der Waals surface area contributed by atoms with E-state index in [1.807, 2.05) is 21.1 Å². The Balaban J connectivity index is 4.11. The number of carboxylic acid groups (broad SMARTS) is 1. The first-order chi connectivity index (χ1) is 46.6. The van der Waals surface area contributed by atoms with Crippen molar-refractivity contribution < 1.29 is 42.9 Å². The summed E-state index contributed by atoms with van der Waals surface area (Å²) in [6, 6.07) is 0. The smallest absolute Gasteiger partial charge is 0.361 e. The van der Waals surface area contributed by atoms with Crippen molar-refractivity contribution in [3.63, 3.8) is 0 Å². The number of hydrogen-bond acceptors (Lipinski definition) is 7. The van der Waals surface area contributed by atoms with Crippen molar-refractivity contribution in [3.8, 4) is 0 Å². The van der Waals surface area contributed by atoms with Crippen LogP contribution >= 0.6 is 0 Å². The molecule has 0 radical (unpaired) electrons. The molecule has 0 aliphatic rings. The van der Waals surface area contributed by atoms with Crippen LogP contribution in [0.15, 0.2) is 146 Å². The molecule has 0 aliphatic heterocycles. The monoisotopic (exact) mass is 1320 g/mol. The molecule has 9 nitrogen and oxygen atoms in total. The molecule has 2 unspecified atom stereocenters. The number of hydrogen-bond donors (Lipinski definition) is 1. The van der Waals surface area contributed by atoms with E-state index in [0.29, 0.717) is 23.9 Å². The molecule has 0 saturated heterocycles. The average molecular weight is 1320 g/mol. The Labute approximate surface area is 585 Å². The summed E-state index contributed by atoms with van der Waals surface area (Å²) in [5.74, 6) is -2.01. The molecule has 0 amide bonds. The van der Waals surface area contributed by atoms with Crippen molar-refractivity contribution >= 4 is 17.9 Å². The molecule has 0 aromatic rings. The van der Waals surface area contributed by atoms with Gasteiger partial charge in [0.25, 0.3) is 6.29 Å². The van der Waals surface area contributed by atoms with Crippen LogP contribution < -0.4 is 0 Å². The molecule has 0 aromatic carbocycles. The number of carbonyl (C=O) groups is 3. The molecule has 2 atom stereocenters. The van der Waals surface area contributed by atoms with Gasteiger partial charge in [-0.05, 0) is 122 Å².